The molecule has 0 aliphatic heterocycles. The van der Waals surface area contributed by atoms with Gasteiger partial charge >= 0.3 is 5.97 Å². The van der Waals surface area contributed by atoms with E-state index in [1.807, 2.05) is 41.1 Å². The Hall–Kier alpha value is -4.59. The van der Waals surface area contributed by atoms with Crippen molar-refractivity contribution in [2.24, 2.45) is 0 Å². The van der Waals surface area contributed by atoms with Gasteiger partial charge in [0.15, 0.2) is 0 Å². The van der Waals surface area contributed by atoms with Crippen LogP contribution in [0.4, 0.5) is 0 Å². The molecule has 8 nitrogen and oxygen atoms in total. The molecule has 0 spiro atoms. The van der Waals surface area contributed by atoms with Gasteiger partial charge in [0.2, 0.25) is 0 Å². The maximum absolute atomic E-state index is 13.3. The first-order valence-electron chi connectivity index (χ1n) is 13.4. The molecule has 6 rings (SSSR count). The molecule has 1 aliphatic carbocycles. The van der Waals surface area contributed by atoms with E-state index in [4.69, 9.17) is 5.10 Å². The minimum Gasteiger partial charge on any atom is -0.508 e. The third kappa shape index (κ3) is 4.85. The number of aromatic amines is 1. The molecule has 2 aromatic heterocycles. The van der Waals surface area contributed by atoms with Gasteiger partial charge in [-0.25, -0.2) is 9.48 Å². The van der Waals surface area contributed by atoms with Gasteiger partial charge in [0.05, 0.1) is 16.9 Å². The van der Waals surface area contributed by atoms with E-state index < -0.39 is 17.9 Å². The van der Waals surface area contributed by atoms with E-state index >= 15 is 0 Å². The van der Waals surface area contributed by atoms with Crippen molar-refractivity contribution in [3.8, 4) is 11.4 Å². The van der Waals surface area contributed by atoms with Crippen molar-refractivity contribution in [2.45, 2.75) is 50.5 Å². The summed E-state index contributed by atoms with van der Waals surface area (Å²) < 4.78 is 2.01. The number of carbonyl (C=O) groups is 2. The lowest BCUT2D eigenvalue weighted by Gasteiger charge is -2.23. The molecule has 4 N–H and O–H groups in total. The Bertz CT molecular complexity index is 1660. The third-order valence-corrected chi connectivity index (χ3v) is 7.74. The molecule has 198 valence electrons. The zero-order valence-corrected chi connectivity index (χ0v) is 21.4. The molecule has 0 unspecified atom stereocenters. The Morgan fingerprint density at radius 2 is 1.79 bits per heavy atom. The molecular formula is C31H30N4O4. The molecule has 3 aromatic carbocycles. The number of carbonyl (C=O) groups excluding carboxylic acids is 1. The fraction of sp³-hybridized carbons (Fsp3) is 0.258. The topological polar surface area (TPSA) is 120 Å². The van der Waals surface area contributed by atoms with Crippen LogP contribution in [0.2, 0.25) is 0 Å². The number of hydrogen-bond acceptors (Lipinski definition) is 4. The van der Waals surface area contributed by atoms with Gasteiger partial charge in [0.25, 0.3) is 5.91 Å². The lowest BCUT2D eigenvalue weighted by molar-refractivity contribution is -0.139. The SMILES string of the molecule is O=C(N[C@@H](Cc1c[nH]c2ccc(O)cc12)C(=O)O)c1ccc2c(C3CCCCC3)n(-c3ccccc3)nc2c1. The maximum atomic E-state index is 13.3. The second-order valence-electron chi connectivity index (χ2n) is 10.3. The minimum atomic E-state index is -1.14. The molecule has 2 heterocycles. The number of carboxylic acids is 1. The average Bonchev–Trinajstić information content (AvgIpc) is 3.54. The number of aromatic hydroxyl groups is 1. The van der Waals surface area contributed by atoms with Gasteiger partial charge in [-0.2, -0.15) is 5.10 Å². The predicted molar refractivity (Wildman–Crippen MR) is 149 cm³/mol. The zero-order chi connectivity index (χ0) is 26.9. The van der Waals surface area contributed by atoms with Crippen molar-refractivity contribution in [1.82, 2.24) is 20.1 Å². The summed E-state index contributed by atoms with van der Waals surface area (Å²) in [6, 6.07) is 19.2. The third-order valence-electron chi connectivity index (χ3n) is 7.74. The highest BCUT2D eigenvalue weighted by Crippen LogP contribution is 2.38. The summed E-state index contributed by atoms with van der Waals surface area (Å²) in [5.74, 6) is -1.11. The maximum Gasteiger partial charge on any atom is 0.326 e. The van der Waals surface area contributed by atoms with Crippen LogP contribution < -0.4 is 5.32 Å². The quantitative estimate of drug-likeness (QED) is 0.219. The lowest BCUT2D eigenvalue weighted by atomic mass is 9.85. The highest BCUT2D eigenvalue weighted by molar-refractivity contribution is 6.00. The molecule has 1 saturated carbocycles. The monoisotopic (exact) mass is 522 g/mol. The van der Waals surface area contributed by atoms with E-state index in [0.717, 1.165) is 34.8 Å². The number of benzene rings is 3. The van der Waals surface area contributed by atoms with Crippen LogP contribution >= 0.6 is 0 Å². The number of hydrogen-bond donors (Lipinski definition) is 4. The number of fused-ring (bicyclic) bond motifs is 2. The Morgan fingerprint density at radius 1 is 1.00 bits per heavy atom. The highest BCUT2D eigenvalue weighted by atomic mass is 16.4. The van der Waals surface area contributed by atoms with Gasteiger partial charge in [0.1, 0.15) is 11.8 Å². The summed E-state index contributed by atoms with van der Waals surface area (Å²) >= 11 is 0. The average molecular weight is 523 g/mol. The fourth-order valence-electron chi connectivity index (χ4n) is 5.78. The Labute approximate surface area is 225 Å². The van der Waals surface area contributed by atoms with E-state index in [2.05, 4.69) is 10.3 Å². The minimum absolute atomic E-state index is 0.0707. The molecule has 1 atom stereocenters. The van der Waals surface area contributed by atoms with Gasteiger partial charge in [-0.3, -0.25) is 4.79 Å². The molecule has 1 aliphatic rings. The number of aliphatic carboxylic acids is 1. The first kappa shape index (κ1) is 24.7. The van der Waals surface area contributed by atoms with Crippen LogP contribution in [0.5, 0.6) is 5.75 Å². The van der Waals surface area contributed by atoms with E-state index in [1.165, 1.54) is 25.0 Å². The summed E-state index contributed by atoms with van der Waals surface area (Å²) in [7, 11) is 0. The smallest absolute Gasteiger partial charge is 0.326 e. The number of nitrogens with one attached hydrogen (secondary N) is 2. The fourth-order valence-corrected chi connectivity index (χ4v) is 5.78. The van der Waals surface area contributed by atoms with Crippen molar-refractivity contribution in [2.75, 3.05) is 0 Å². The predicted octanol–water partition coefficient (Wildman–Crippen LogP) is 5.69. The van der Waals surface area contributed by atoms with E-state index in [0.29, 0.717) is 22.6 Å². The number of phenols is 1. The van der Waals surface area contributed by atoms with Crippen molar-refractivity contribution in [3.63, 3.8) is 0 Å². The number of nitrogens with zero attached hydrogens (tertiary/aromatic N) is 2. The Balaban J connectivity index is 1.30. The summed E-state index contributed by atoms with van der Waals surface area (Å²) in [4.78, 5) is 28.4. The van der Waals surface area contributed by atoms with Crippen LogP contribution in [0.15, 0.2) is 72.9 Å². The van der Waals surface area contributed by atoms with Crippen molar-refractivity contribution in [3.05, 3.63) is 89.7 Å². The largest absolute Gasteiger partial charge is 0.508 e. The first-order valence-corrected chi connectivity index (χ1v) is 13.4. The number of carboxylic acid groups (broad SMARTS) is 1. The summed E-state index contributed by atoms with van der Waals surface area (Å²) in [6.45, 7) is 0. The van der Waals surface area contributed by atoms with Crippen molar-refractivity contribution >= 4 is 33.7 Å². The van der Waals surface area contributed by atoms with Crippen molar-refractivity contribution in [1.29, 1.82) is 0 Å². The number of para-hydroxylation sites is 1. The summed E-state index contributed by atoms with van der Waals surface area (Å²) in [5.41, 5.74) is 4.71. The van der Waals surface area contributed by atoms with Crippen LogP contribution in [0, 0.1) is 0 Å². The van der Waals surface area contributed by atoms with Crippen molar-refractivity contribution < 1.29 is 19.8 Å². The van der Waals surface area contributed by atoms with Gasteiger partial charge < -0.3 is 20.5 Å². The van der Waals surface area contributed by atoms with E-state index in [-0.39, 0.29) is 12.2 Å². The summed E-state index contributed by atoms with van der Waals surface area (Å²) in [6.07, 6.45) is 7.65. The molecular weight excluding hydrogens is 492 g/mol. The molecule has 0 bridgehead atoms. The van der Waals surface area contributed by atoms with Crippen LogP contribution in [0.3, 0.4) is 0 Å². The number of phenolic OH excluding ortho intramolecular Hbond substituents is 1. The molecule has 1 fully saturated rings. The Morgan fingerprint density at radius 3 is 2.56 bits per heavy atom. The molecule has 5 aromatic rings. The van der Waals surface area contributed by atoms with E-state index in [1.54, 1.807) is 36.5 Å². The van der Waals surface area contributed by atoms with Crippen LogP contribution in [0.25, 0.3) is 27.5 Å². The highest BCUT2D eigenvalue weighted by Gasteiger charge is 2.26. The molecule has 0 saturated heterocycles. The second-order valence-corrected chi connectivity index (χ2v) is 10.3. The normalized spacial score (nSPS) is 15.0. The Kier molecular flexibility index (Phi) is 6.52. The molecule has 39 heavy (non-hydrogen) atoms. The summed E-state index contributed by atoms with van der Waals surface area (Å²) in [5, 5.41) is 29.1. The molecule has 1 amide bonds. The van der Waals surface area contributed by atoms with Gasteiger partial charge in [-0.15, -0.1) is 0 Å². The number of rotatable bonds is 7. The lowest BCUT2D eigenvalue weighted by Crippen LogP contribution is -2.42. The second kappa shape index (κ2) is 10.3. The number of H-pyrrole nitrogens is 1. The molecule has 0 radical (unpaired) electrons. The first-order chi connectivity index (χ1) is 19.0. The molecule has 8 heteroatoms. The van der Waals surface area contributed by atoms with Gasteiger partial charge in [0, 0.05) is 40.4 Å². The standard InChI is InChI=1S/C31H30N4O4/c36-23-12-14-26-25(17-23)21(18-32-26)16-28(31(38)39)33-30(37)20-11-13-24-27(15-20)34-35(22-9-5-2-6-10-22)29(24)19-7-3-1-4-8-19/h2,5-6,9-15,17-19,28,32,36H,1,3-4,7-8,16H2,(H,33,37)(H,38,39)/t28-/m0/s1. The van der Waals surface area contributed by atoms with Crippen LogP contribution in [0.1, 0.15) is 59.6 Å². The van der Waals surface area contributed by atoms with E-state index in [9.17, 15) is 19.8 Å². The number of amides is 1. The van der Waals surface area contributed by atoms with Gasteiger partial charge in [-0.05, 0) is 60.9 Å². The van der Waals surface area contributed by atoms with Crippen LogP contribution in [-0.2, 0) is 11.2 Å². The van der Waals surface area contributed by atoms with Crippen LogP contribution in [-0.4, -0.2) is 42.9 Å². The van der Waals surface area contributed by atoms with Gasteiger partial charge in [-0.1, -0.05) is 43.5 Å². The number of aromatic nitrogens is 3. The zero-order valence-electron chi connectivity index (χ0n) is 21.4.